The Bertz CT molecular complexity index is 854. The van der Waals surface area contributed by atoms with Crippen LogP contribution in [0, 0.1) is 5.92 Å². The van der Waals surface area contributed by atoms with Gasteiger partial charge in [0.1, 0.15) is 11.5 Å². The van der Waals surface area contributed by atoms with E-state index in [1.54, 1.807) is 20.3 Å². The van der Waals surface area contributed by atoms with Gasteiger partial charge in [-0.1, -0.05) is 24.6 Å². The van der Waals surface area contributed by atoms with Gasteiger partial charge in [0, 0.05) is 18.7 Å². The molecule has 1 amide bonds. The molecule has 29 heavy (non-hydrogen) atoms. The number of thioether (sulfide) groups is 1. The molecule has 0 unspecified atom stereocenters. The van der Waals surface area contributed by atoms with Crippen LogP contribution in [0.1, 0.15) is 38.5 Å². The van der Waals surface area contributed by atoms with Crippen molar-refractivity contribution in [3.63, 3.8) is 0 Å². The van der Waals surface area contributed by atoms with E-state index in [4.69, 9.17) is 13.9 Å². The van der Waals surface area contributed by atoms with Gasteiger partial charge in [0.15, 0.2) is 0 Å². The molecule has 1 saturated heterocycles. The minimum Gasteiger partial charge on any atom is -0.497 e. The first-order chi connectivity index (χ1) is 14.2. The summed E-state index contributed by atoms with van der Waals surface area (Å²) in [6.45, 7) is 0.874. The van der Waals surface area contributed by atoms with E-state index >= 15 is 0 Å². The lowest BCUT2D eigenvalue weighted by Crippen LogP contribution is -2.50. The molecule has 2 atom stereocenters. The number of rotatable bonds is 6. The van der Waals surface area contributed by atoms with Crippen LogP contribution >= 0.6 is 11.8 Å². The Morgan fingerprint density at radius 2 is 2.00 bits per heavy atom. The molecule has 2 aliphatic rings. The van der Waals surface area contributed by atoms with E-state index in [0.717, 1.165) is 19.4 Å². The number of likely N-dealkylation sites (tertiary alicyclic amines) is 1. The zero-order valence-corrected chi connectivity index (χ0v) is 17.7. The largest absolute Gasteiger partial charge is 0.497 e. The Morgan fingerprint density at radius 1 is 1.17 bits per heavy atom. The van der Waals surface area contributed by atoms with Gasteiger partial charge in [0.25, 0.3) is 11.1 Å². The highest BCUT2D eigenvalue weighted by molar-refractivity contribution is 7.99. The second kappa shape index (κ2) is 9.07. The second-order valence-corrected chi connectivity index (χ2v) is 8.50. The molecular weight excluding hydrogens is 390 g/mol. The first-order valence-corrected chi connectivity index (χ1v) is 11.2. The first-order valence-electron chi connectivity index (χ1n) is 10.2. The van der Waals surface area contributed by atoms with Gasteiger partial charge in [-0.2, -0.15) is 0 Å². The van der Waals surface area contributed by atoms with Crippen molar-refractivity contribution >= 4 is 17.7 Å². The van der Waals surface area contributed by atoms with Crippen LogP contribution in [0.15, 0.2) is 27.8 Å². The summed E-state index contributed by atoms with van der Waals surface area (Å²) in [7, 11) is 3.19. The van der Waals surface area contributed by atoms with Gasteiger partial charge in [-0.05, 0) is 43.7 Å². The monoisotopic (exact) mass is 417 g/mol. The van der Waals surface area contributed by atoms with E-state index in [0.29, 0.717) is 45.9 Å². The van der Waals surface area contributed by atoms with Crippen LogP contribution in [0.3, 0.4) is 0 Å². The fourth-order valence-electron chi connectivity index (χ4n) is 4.49. The highest BCUT2D eigenvalue weighted by atomic mass is 32.2. The average Bonchev–Trinajstić information content (AvgIpc) is 3.25. The molecule has 0 bridgehead atoms. The number of nitrogens with zero attached hydrogens (tertiary/aromatic N) is 3. The Balaban J connectivity index is 1.40. The molecule has 156 valence electrons. The second-order valence-electron chi connectivity index (χ2n) is 7.57. The van der Waals surface area contributed by atoms with E-state index in [1.165, 1.54) is 37.4 Å². The standard InChI is InChI=1S/C21H27N3O4S/c1-26-15-9-10-16(18(12-15)27-2)20-22-23-21(28-20)29-13-19(25)24-11-5-7-14-6-3-4-8-17(14)24/h9-10,12,14,17H,3-8,11,13H2,1-2H3/t14-,17+/m0/s1. The minimum atomic E-state index is 0.174. The zero-order valence-electron chi connectivity index (χ0n) is 16.9. The van der Waals surface area contributed by atoms with Gasteiger partial charge in [0.05, 0.1) is 25.5 Å². The maximum Gasteiger partial charge on any atom is 0.277 e. The van der Waals surface area contributed by atoms with Crippen molar-refractivity contribution in [1.82, 2.24) is 15.1 Å². The van der Waals surface area contributed by atoms with Gasteiger partial charge in [-0.25, -0.2) is 0 Å². The molecule has 2 heterocycles. The number of hydrogen-bond acceptors (Lipinski definition) is 7. The molecule has 2 fully saturated rings. The topological polar surface area (TPSA) is 77.7 Å². The summed E-state index contributed by atoms with van der Waals surface area (Å²) in [4.78, 5) is 15.0. The summed E-state index contributed by atoms with van der Waals surface area (Å²) in [6, 6.07) is 5.83. The number of hydrogen-bond donors (Lipinski definition) is 0. The van der Waals surface area contributed by atoms with Crippen LogP contribution in [0.25, 0.3) is 11.5 Å². The number of carbonyl (C=O) groups excluding carboxylic acids is 1. The van der Waals surface area contributed by atoms with Crippen LogP contribution in [-0.2, 0) is 4.79 Å². The van der Waals surface area contributed by atoms with E-state index in [2.05, 4.69) is 15.1 Å². The zero-order chi connectivity index (χ0) is 20.2. The number of aromatic nitrogens is 2. The van der Waals surface area contributed by atoms with Gasteiger partial charge in [-0.3, -0.25) is 4.79 Å². The maximum atomic E-state index is 12.9. The van der Waals surface area contributed by atoms with Crippen molar-refractivity contribution in [2.24, 2.45) is 5.92 Å². The number of fused-ring (bicyclic) bond motifs is 1. The Labute approximate surface area is 175 Å². The average molecular weight is 418 g/mol. The van der Waals surface area contributed by atoms with E-state index in [-0.39, 0.29) is 5.91 Å². The third-order valence-electron chi connectivity index (χ3n) is 5.93. The minimum absolute atomic E-state index is 0.174. The number of methoxy groups -OCH3 is 2. The van der Waals surface area contributed by atoms with Gasteiger partial charge >= 0.3 is 0 Å². The molecule has 7 nitrogen and oxygen atoms in total. The fourth-order valence-corrected chi connectivity index (χ4v) is 5.14. The van der Waals surface area contributed by atoms with E-state index in [9.17, 15) is 4.79 Å². The molecule has 1 aliphatic carbocycles. The molecule has 1 aromatic heterocycles. The van der Waals surface area contributed by atoms with Crippen LogP contribution in [0.2, 0.25) is 0 Å². The van der Waals surface area contributed by atoms with Gasteiger partial charge in [-0.15, -0.1) is 10.2 Å². The lowest BCUT2D eigenvalue weighted by Gasteiger charge is -2.44. The predicted molar refractivity (Wildman–Crippen MR) is 110 cm³/mol. The summed E-state index contributed by atoms with van der Waals surface area (Å²) in [6.07, 6.45) is 7.31. The third-order valence-corrected chi connectivity index (χ3v) is 6.73. The van der Waals surface area contributed by atoms with Gasteiger partial charge in [0.2, 0.25) is 5.91 Å². The van der Waals surface area contributed by atoms with Crippen molar-refractivity contribution in [3.8, 4) is 23.0 Å². The van der Waals surface area contributed by atoms with Crippen molar-refractivity contribution in [2.45, 2.75) is 49.8 Å². The number of ether oxygens (including phenoxy) is 2. The molecule has 8 heteroatoms. The highest BCUT2D eigenvalue weighted by Gasteiger charge is 2.35. The Hall–Kier alpha value is -2.22. The summed E-state index contributed by atoms with van der Waals surface area (Å²) >= 11 is 1.30. The van der Waals surface area contributed by atoms with Crippen LogP contribution in [0.5, 0.6) is 11.5 Å². The van der Waals surface area contributed by atoms with E-state index in [1.807, 2.05) is 12.1 Å². The van der Waals surface area contributed by atoms with Crippen molar-refractivity contribution in [2.75, 3.05) is 26.5 Å². The smallest absolute Gasteiger partial charge is 0.277 e. The third kappa shape index (κ3) is 4.37. The van der Waals surface area contributed by atoms with Crippen LogP contribution in [0.4, 0.5) is 0 Å². The fraction of sp³-hybridized carbons (Fsp3) is 0.571. The molecular formula is C21H27N3O4S. The van der Waals surface area contributed by atoms with Crippen LogP contribution < -0.4 is 9.47 Å². The maximum absolute atomic E-state index is 12.9. The lowest BCUT2D eigenvalue weighted by molar-refractivity contribution is -0.134. The quantitative estimate of drug-likeness (QED) is 0.657. The molecule has 0 N–H and O–H groups in total. The van der Waals surface area contributed by atoms with Crippen LogP contribution in [-0.4, -0.2) is 53.6 Å². The van der Waals surface area contributed by atoms with Gasteiger partial charge < -0.3 is 18.8 Å². The summed E-state index contributed by atoms with van der Waals surface area (Å²) in [5.74, 6) is 2.83. The Kier molecular flexibility index (Phi) is 6.28. The first kappa shape index (κ1) is 20.1. The number of amides is 1. The summed E-state index contributed by atoms with van der Waals surface area (Å²) in [5, 5.41) is 8.61. The van der Waals surface area contributed by atoms with Crippen molar-refractivity contribution in [1.29, 1.82) is 0 Å². The number of piperidine rings is 1. The molecule has 1 aromatic carbocycles. The van der Waals surface area contributed by atoms with E-state index < -0.39 is 0 Å². The lowest BCUT2D eigenvalue weighted by atomic mass is 9.78. The molecule has 2 aromatic rings. The predicted octanol–water partition coefficient (Wildman–Crippen LogP) is 4.03. The molecule has 4 rings (SSSR count). The highest BCUT2D eigenvalue weighted by Crippen LogP contribution is 2.36. The molecule has 1 saturated carbocycles. The normalized spacial score (nSPS) is 21.5. The van der Waals surface area contributed by atoms with Crippen molar-refractivity contribution in [3.05, 3.63) is 18.2 Å². The summed E-state index contributed by atoms with van der Waals surface area (Å²) < 4.78 is 16.4. The molecule has 0 spiro atoms. The van der Waals surface area contributed by atoms with Crippen molar-refractivity contribution < 1.29 is 18.7 Å². The number of carbonyl (C=O) groups is 1. The number of benzene rings is 1. The molecule has 0 radical (unpaired) electrons. The summed E-state index contributed by atoms with van der Waals surface area (Å²) in [5.41, 5.74) is 0.694. The Morgan fingerprint density at radius 3 is 2.83 bits per heavy atom. The molecule has 1 aliphatic heterocycles. The SMILES string of the molecule is COc1ccc(-c2nnc(SCC(=O)N3CCC[C@@H]4CCCC[C@H]43)o2)c(OC)c1.